The van der Waals surface area contributed by atoms with Crippen LogP contribution >= 0.6 is 0 Å². The van der Waals surface area contributed by atoms with Crippen LogP contribution in [0.2, 0.25) is 0 Å². The molecule has 0 aliphatic carbocycles. The molecule has 0 unspecified atom stereocenters. The Bertz CT molecular complexity index is 696. The van der Waals surface area contributed by atoms with Crippen LogP contribution in [0.15, 0.2) is 12.5 Å². The summed E-state index contributed by atoms with van der Waals surface area (Å²) in [5.74, 6) is 0.306. The molecule has 3 aliphatic rings. The number of hydrogen-bond acceptors (Lipinski definition) is 4. The Kier molecular flexibility index (Phi) is 5.21. The third kappa shape index (κ3) is 3.74. The highest BCUT2D eigenvalue weighted by atomic mass is 16.2. The average molecular weight is 374 g/mol. The normalized spacial score (nSPS) is 26.9. The molecule has 0 N–H and O–H groups in total. The van der Waals surface area contributed by atoms with Crippen LogP contribution in [-0.2, 0) is 23.2 Å². The van der Waals surface area contributed by atoms with Crippen LogP contribution in [-0.4, -0.2) is 74.3 Å². The molecule has 1 spiro atoms. The molecule has 3 fully saturated rings. The van der Waals surface area contributed by atoms with E-state index in [0.29, 0.717) is 6.42 Å². The minimum Gasteiger partial charge on any atom is -0.341 e. The van der Waals surface area contributed by atoms with Gasteiger partial charge in [-0.25, -0.2) is 4.98 Å². The van der Waals surface area contributed by atoms with E-state index in [1.807, 2.05) is 29.4 Å². The zero-order valence-electron chi connectivity index (χ0n) is 16.4. The highest BCUT2D eigenvalue weighted by Gasteiger charge is 2.46. The molecule has 0 aromatic carbocycles. The second-order valence-corrected chi connectivity index (χ2v) is 8.42. The first kappa shape index (κ1) is 18.5. The van der Waals surface area contributed by atoms with Crippen LogP contribution < -0.4 is 0 Å². The molecule has 0 saturated carbocycles. The number of aryl methyl sites for hydroxylation is 1. The van der Waals surface area contributed by atoms with Gasteiger partial charge in [0.1, 0.15) is 6.54 Å². The molecular formula is C20H31N5O2. The fourth-order valence-corrected chi connectivity index (χ4v) is 5.01. The van der Waals surface area contributed by atoms with Crippen molar-refractivity contribution in [2.45, 2.75) is 57.0 Å². The van der Waals surface area contributed by atoms with Crippen molar-refractivity contribution in [3.05, 3.63) is 18.2 Å². The smallest absolute Gasteiger partial charge is 0.242 e. The largest absolute Gasteiger partial charge is 0.341 e. The first-order valence-electron chi connectivity index (χ1n) is 10.3. The summed E-state index contributed by atoms with van der Waals surface area (Å²) in [4.78, 5) is 35.9. The van der Waals surface area contributed by atoms with Gasteiger partial charge in [-0.1, -0.05) is 0 Å². The van der Waals surface area contributed by atoms with Gasteiger partial charge in [0.15, 0.2) is 0 Å². The van der Waals surface area contributed by atoms with Crippen LogP contribution in [0.4, 0.5) is 0 Å². The zero-order valence-corrected chi connectivity index (χ0v) is 16.4. The first-order valence-corrected chi connectivity index (χ1v) is 10.3. The maximum atomic E-state index is 12.7. The topological polar surface area (TPSA) is 61.7 Å². The van der Waals surface area contributed by atoms with Crippen LogP contribution in [0.3, 0.4) is 0 Å². The molecule has 1 aromatic rings. The molecule has 1 aromatic heterocycles. The van der Waals surface area contributed by atoms with Crippen molar-refractivity contribution in [2.75, 3.05) is 32.7 Å². The van der Waals surface area contributed by atoms with Crippen molar-refractivity contribution < 1.29 is 9.59 Å². The summed E-state index contributed by atoms with van der Waals surface area (Å²) in [5.41, 5.74) is 1.10. The Balaban J connectivity index is 1.42. The molecule has 2 amide bonds. The van der Waals surface area contributed by atoms with Crippen molar-refractivity contribution in [1.82, 2.24) is 24.3 Å². The van der Waals surface area contributed by atoms with Gasteiger partial charge in [0.2, 0.25) is 11.8 Å². The number of aromatic nitrogens is 2. The lowest BCUT2D eigenvalue weighted by molar-refractivity contribution is -0.141. The molecule has 4 rings (SSSR count). The molecule has 27 heavy (non-hydrogen) atoms. The van der Waals surface area contributed by atoms with Gasteiger partial charge in [-0.3, -0.25) is 14.5 Å². The van der Waals surface area contributed by atoms with Gasteiger partial charge in [-0.05, 0) is 45.1 Å². The SMILES string of the molecule is Cn1cncc1CN1CCC[C@@]2(CCC(=O)N2CC(=O)N2CCCC2)CC1. The summed E-state index contributed by atoms with van der Waals surface area (Å²) in [6, 6.07) is 0. The van der Waals surface area contributed by atoms with Gasteiger partial charge in [-0.2, -0.15) is 0 Å². The number of carbonyl (C=O) groups excluding carboxylic acids is 2. The number of amides is 2. The monoisotopic (exact) mass is 373 g/mol. The summed E-state index contributed by atoms with van der Waals surface area (Å²) < 4.78 is 2.07. The van der Waals surface area contributed by atoms with Gasteiger partial charge in [0.25, 0.3) is 0 Å². The third-order valence-corrected chi connectivity index (χ3v) is 6.74. The van der Waals surface area contributed by atoms with Gasteiger partial charge in [-0.15, -0.1) is 0 Å². The molecule has 0 radical (unpaired) electrons. The number of nitrogens with zero attached hydrogens (tertiary/aromatic N) is 5. The number of rotatable bonds is 4. The zero-order chi connectivity index (χ0) is 18.9. The minimum absolute atomic E-state index is 0.117. The molecule has 7 heteroatoms. The van der Waals surface area contributed by atoms with E-state index in [-0.39, 0.29) is 23.9 Å². The molecular weight excluding hydrogens is 342 g/mol. The third-order valence-electron chi connectivity index (χ3n) is 6.74. The molecule has 3 aliphatic heterocycles. The highest BCUT2D eigenvalue weighted by molar-refractivity contribution is 5.87. The predicted molar refractivity (Wildman–Crippen MR) is 102 cm³/mol. The lowest BCUT2D eigenvalue weighted by atomic mass is 9.87. The van der Waals surface area contributed by atoms with Crippen LogP contribution in [0.1, 0.15) is 50.6 Å². The minimum atomic E-state index is -0.117. The second kappa shape index (κ2) is 7.62. The maximum Gasteiger partial charge on any atom is 0.242 e. The van der Waals surface area contributed by atoms with Crippen LogP contribution in [0.25, 0.3) is 0 Å². The van der Waals surface area contributed by atoms with E-state index in [4.69, 9.17) is 0 Å². The molecule has 3 saturated heterocycles. The Labute approximate surface area is 161 Å². The predicted octanol–water partition coefficient (Wildman–Crippen LogP) is 1.39. The molecule has 0 bridgehead atoms. The van der Waals surface area contributed by atoms with Crippen molar-refractivity contribution in [2.24, 2.45) is 7.05 Å². The summed E-state index contributed by atoms with van der Waals surface area (Å²) in [6.45, 7) is 4.88. The molecule has 148 valence electrons. The maximum absolute atomic E-state index is 12.7. The molecule has 4 heterocycles. The fraction of sp³-hybridized carbons (Fsp3) is 0.750. The number of imidazole rings is 1. The summed E-state index contributed by atoms with van der Waals surface area (Å²) in [5, 5.41) is 0. The van der Waals surface area contributed by atoms with E-state index in [2.05, 4.69) is 14.5 Å². The Hall–Kier alpha value is -1.89. The van der Waals surface area contributed by atoms with Gasteiger partial charge >= 0.3 is 0 Å². The summed E-state index contributed by atoms with van der Waals surface area (Å²) in [6.07, 6.45) is 10.5. The van der Waals surface area contributed by atoms with E-state index in [1.165, 1.54) is 5.69 Å². The lowest BCUT2D eigenvalue weighted by Crippen LogP contribution is -2.51. The fourth-order valence-electron chi connectivity index (χ4n) is 5.01. The van der Waals surface area contributed by atoms with E-state index in [0.717, 1.165) is 71.2 Å². The van der Waals surface area contributed by atoms with Crippen molar-refractivity contribution >= 4 is 11.8 Å². The second-order valence-electron chi connectivity index (χ2n) is 8.42. The van der Waals surface area contributed by atoms with Crippen LogP contribution in [0, 0.1) is 0 Å². The van der Waals surface area contributed by atoms with Gasteiger partial charge in [0.05, 0.1) is 12.0 Å². The quantitative estimate of drug-likeness (QED) is 0.800. The summed E-state index contributed by atoms with van der Waals surface area (Å²) >= 11 is 0. The molecule has 7 nitrogen and oxygen atoms in total. The van der Waals surface area contributed by atoms with E-state index in [1.54, 1.807) is 0 Å². The van der Waals surface area contributed by atoms with Gasteiger partial charge < -0.3 is 14.4 Å². The Morgan fingerprint density at radius 1 is 1.11 bits per heavy atom. The summed E-state index contributed by atoms with van der Waals surface area (Å²) in [7, 11) is 2.03. The highest BCUT2D eigenvalue weighted by Crippen LogP contribution is 2.39. The van der Waals surface area contributed by atoms with Gasteiger partial charge in [0, 0.05) is 51.4 Å². The van der Waals surface area contributed by atoms with Crippen molar-refractivity contribution in [3.63, 3.8) is 0 Å². The average Bonchev–Trinajstić information content (AvgIpc) is 3.35. The van der Waals surface area contributed by atoms with Crippen molar-refractivity contribution in [1.29, 1.82) is 0 Å². The lowest BCUT2D eigenvalue weighted by Gasteiger charge is -2.38. The van der Waals surface area contributed by atoms with Crippen LogP contribution in [0.5, 0.6) is 0 Å². The first-order chi connectivity index (χ1) is 13.1. The Morgan fingerprint density at radius 3 is 2.67 bits per heavy atom. The van der Waals surface area contributed by atoms with Crippen molar-refractivity contribution in [3.8, 4) is 0 Å². The number of likely N-dealkylation sites (tertiary alicyclic amines) is 3. The van der Waals surface area contributed by atoms with E-state index in [9.17, 15) is 9.59 Å². The number of carbonyl (C=O) groups is 2. The Morgan fingerprint density at radius 2 is 1.93 bits per heavy atom. The standard InChI is InChI=1S/C20H31N5O2/c1-22-16-21-13-17(22)14-23-9-4-6-20(8-12-23)7-5-18(26)25(20)15-19(27)24-10-2-3-11-24/h13,16H,2-12,14-15H2,1H3/t20-/m1/s1. The molecule has 1 atom stereocenters. The van der Waals surface area contributed by atoms with E-state index < -0.39 is 0 Å². The number of hydrogen-bond donors (Lipinski definition) is 0. The van der Waals surface area contributed by atoms with E-state index >= 15 is 0 Å².